The van der Waals surface area contributed by atoms with Gasteiger partial charge in [-0.2, -0.15) is 30.4 Å². The number of rotatable bonds is 5. The van der Waals surface area contributed by atoms with Gasteiger partial charge in [-0.3, -0.25) is 0 Å². The lowest BCUT2D eigenvalue weighted by atomic mass is 10.1. The van der Waals surface area contributed by atoms with Crippen molar-refractivity contribution in [2.75, 3.05) is 0 Å². The van der Waals surface area contributed by atoms with E-state index in [2.05, 4.69) is 4.18 Å². The summed E-state index contributed by atoms with van der Waals surface area (Å²) in [6, 6.07) is 5.02. The number of para-hydroxylation sites is 1. The van der Waals surface area contributed by atoms with Gasteiger partial charge >= 0.3 is 15.6 Å². The summed E-state index contributed by atoms with van der Waals surface area (Å²) in [6.45, 7) is 0. The van der Waals surface area contributed by atoms with E-state index in [0.29, 0.717) is 6.08 Å². The Hall–Kier alpha value is -1.64. The van der Waals surface area contributed by atoms with E-state index in [4.69, 9.17) is 0 Å². The Bertz CT molecular complexity index is 588. The van der Waals surface area contributed by atoms with Gasteiger partial charge in [0.05, 0.1) is 0 Å². The Balaban J connectivity index is 2.94. The van der Waals surface area contributed by atoms with Gasteiger partial charge in [0, 0.05) is 0 Å². The zero-order chi connectivity index (χ0) is 15.4. The predicted molar refractivity (Wildman–Crippen MR) is 60.7 cm³/mol. The summed E-state index contributed by atoms with van der Waals surface area (Å²) in [5.41, 5.74) is -5.47. The van der Waals surface area contributed by atoms with Crippen molar-refractivity contribution in [2.24, 2.45) is 0 Å². The minimum atomic E-state index is -5.78. The van der Waals surface area contributed by atoms with Crippen molar-refractivity contribution in [3.63, 3.8) is 0 Å². The monoisotopic (exact) mass is 316 g/mol. The van der Waals surface area contributed by atoms with Crippen molar-refractivity contribution >= 4 is 10.1 Å². The maximum Gasteiger partial charge on any atom is 0.534 e. The fraction of sp³-hybridized carbons (Fsp3) is 0.273. The highest BCUT2D eigenvalue weighted by Gasteiger charge is 2.48. The molecule has 3 nitrogen and oxygen atoms in total. The molecule has 0 saturated carbocycles. The van der Waals surface area contributed by atoms with Crippen LogP contribution in [0.25, 0.3) is 0 Å². The third-order valence-electron chi connectivity index (χ3n) is 2.17. The molecule has 1 aromatic carbocycles. The molecule has 0 aliphatic carbocycles. The maximum absolute atomic E-state index is 12.2. The molecule has 0 atom stereocenters. The standard InChI is InChI=1S/C11H9F5O3S/c12-10(13)7-3-5-8-4-1-2-6-9(8)19-20(17,18)11(14,15)16/h1-2,4,6-7H,3,5H2. The van der Waals surface area contributed by atoms with E-state index < -0.39 is 27.5 Å². The SMILES string of the molecule is O=S(=O)(Oc1ccccc1CCC=C(F)F)C(F)(F)F. The lowest BCUT2D eigenvalue weighted by Crippen LogP contribution is -2.28. The van der Waals surface area contributed by atoms with E-state index in [1.807, 2.05) is 0 Å². The number of hydrogen-bond donors (Lipinski definition) is 0. The van der Waals surface area contributed by atoms with Crippen molar-refractivity contribution in [1.82, 2.24) is 0 Å². The number of halogens is 5. The molecule has 0 aromatic heterocycles. The lowest BCUT2D eigenvalue weighted by Gasteiger charge is -2.12. The predicted octanol–water partition coefficient (Wildman–Crippen LogP) is 3.63. The summed E-state index contributed by atoms with van der Waals surface area (Å²) in [5.74, 6) is -0.530. The van der Waals surface area contributed by atoms with Gasteiger partial charge in [0.2, 0.25) is 0 Å². The average molecular weight is 316 g/mol. The first-order valence-electron chi connectivity index (χ1n) is 5.23. The van der Waals surface area contributed by atoms with Crippen LogP contribution >= 0.6 is 0 Å². The number of alkyl halides is 3. The van der Waals surface area contributed by atoms with Crippen molar-refractivity contribution in [2.45, 2.75) is 18.3 Å². The van der Waals surface area contributed by atoms with E-state index in [1.54, 1.807) is 0 Å². The normalized spacial score (nSPS) is 12.1. The van der Waals surface area contributed by atoms with Gasteiger partial charge in [0.1, 0.15) is 5.75 Å². The topological polar surface area (TPSA) is 43.4 Å². The molecule has 9 heteroatoms. The molecular weight excluding hydrogens is 307 g/mol. The Morgan fingerprint density at radius 3 is 2.35 bits per heavy atom. The van der Waals surface area contributed by atoms with Gasteiger partial charge in [-0.25, -0.2) is 0 Å². The third-order valence-corrected chi connectivity index (χ3v) is 3.13. The Morgan fingerprint density at radius 2 is 1.80 bits per heavy atom. The van der Waals surface area contributed by atoms with Crippen LogP contribution in [0, 0.1) is 0 Å². The summed E-state index contributed by atoms with van der Waals surface area (Å²) < 4.78 is 86.0. The zero-order valence-electron chi connectivity index (χ0n) is 9.82. The summed E-state index contributed by atoms with van der Waals surface area (Å²) in [5, 5.41) is 0. The van der Waals surface area contributed by atoms with Crippen LogP contribution in [0.15, 0.2) is 36.4 Å². The minimum absolute atomic E-state index is 0.0813. The van der Waals surface area contributed by atoms with Gasteiger partial charge in [0.15, 0.2) is 0 Å². The lowest BCUT2D eigenvalue weighted by molar-refractivity contribution is -0.0500. The van der Waals surface area contributed by atoms with Crippen molar-refractivity contribution < 1.29 is 34.6 Å². The number of allylic oxidation sites excluding steroid dienone is 1. The molecule has 1 aromatic rings. The van der Waals surface area contributed by atoms with Crippen molar-refractivity contribution in [3.8, 4) is 5.75 Å². The number of aryl methyl sites for hydroxylation is 1. The van der Waals surface area contributed by atoms with Gasteiger partial charge in [-0.05, 0) is 30.5 Å². The summed E-state index contributed by atoms with van der Waals surface area (Å²) >= 11 is 0. The first-order valence-corrected chi connectivity index (χ1v) is 6.64. The first-order chi connectivity index (χ1) is 9.13. The van der Waals surface area contributed by atoms with Crippen molar-refractivity contribution in [1.29, 1.82) is 0 Å². The molecule has 112 valence electrons. The number of benzene rings is 1. The molecule has 1 rings (SSSR count). The van der Waals surface area contributed by atoms with Crippen LogP contribution in [0.4, 0.5) is 22.0 Å². The Labute approximate surface area is 111 Å². The van der Waals surface area contributed by atoms with E-state index in [0.717, 1.165) is 6.07 Å². The molecule has 0 fully saturated rings. The van der Waals surface area contributed by atoms with Gasteiger partial charge in [-0.15, -0.1) is 0 Å². The minimum Gasteiger partial charge on any atom is -0.376 e. The third kappa shape index (κ3) is 4.48. The zero-order valence-corrected chi connectivity index (χ0v) is 10.6. The van der Waals surface area contributed by atoms with E-state index in [9.17, 15) is 30.4 Å². The molecule has 0 bridgehead atoms. The average Bonchev–Trinajstić information content (AvgIpc) is 2.29. The Kier molecular flexibility index (Phi) is 5.09. The molecule has 0 amide bonds. The summed E-state index contributed by atoms with van der Waals surface area (Å²) in [4.78, 5) is 0. The first kappa shape index (κ1) is 16.4. The van der Waals surface area contributed by atoms with Crippen LogP contribution in [0.3, 0.4) is 0 Å². The molecule has 0 heterocycles. The second-order valence-electron chi connectivity index (χ2n) is 3.62. The van der Waals surface area contributed by atoms with Crippen molar-refractivity contribution in [3.05, 3.63) is 42.0 Å². The molecule has 0 saturated heterocycles. The highest BCUT2D eigenvalue weighted by atomic mass is 32.2. The molecule has 0 radical (unpaired) electrons. The molecule has 0 aliphatic heterocycles. The van der Waals surface area contributed by atoms with Crippen LogP contribution in [-0.4, -0.2) is 13.9 Å². The van der Waals surface area contributed by atoms with Crippen LogP contribution < -0.4 is 4.18 Å². The van der Waals surface area contributed by atoms with E-state index >= 15 is 0 Å². The fourth-order valence-electron chi connectivity index (χ4n) is 1.29. The van der Waals surface area contributed by atoms with Crippen LogP contribution in [0.2, 0.25) is 0 Å². The maximum atomic E-state index is 12.2. The van der Waals surface area contributed by atoms with E-state index in [1.165, 1.54) is 18.2 Å². The molecule has 0 N–H and O–H groups in total. The molecule has 0 spiro atoms. The van der Waals surface area contributed by atoms with Gasteiger partial charge in [-0.1, -0.05) is 18.2 Å². The van der Waals surface area contributed by atoms with Crippen LogP contribution in [-0.2, 0) is 16.5 Å². The van der Waals surface area contributed by atoms with Crippen LogP contribution in [0.1, 0.15) is 12.0 Å². The largest absolute Gasteiger partial charge is 0.534 e. The molecule has 0 unspecified atom stereocenters. The highest BCUT2D eigenvalue weighted by molar-refractivity contribution is 7.88. The quantitative estimate of drug-likeness (QED) is 0.473. The molecular formula is C11H9F5O3S. The Morgan fingerprint density at radius 1 is 1.20 bits per heavy atom. The molecule has 20 heavy (non-hydrogen) atoms. The smallest absolute Gasteiger partial charge is 0.376 e. The van der Waals surface area contributed by atoms with Gasteiger partial charge in [0.25, 0.3) is 6.08 Å². The van der Waals surface area contributed by atoms with Crippen LogP contribution in [0.5, 0.6) is 5.75 Å². The number of hydrogen-bond acceptors (Lipinski definition) is 3. The van der Waals surface area contributed by atoms with Gasteiger partial charge < -0.3 is 4.18 Å². The fourth-order valence-corrected chi connectivity index (χ4v) is 1.79. The summed E-state index contributed by atoms with van der Waals surface area (Å²) in [6.07, 6.45) is -1.59. The second-order valence-corrected chi connectivity index (χ2v) is 5.16. The second kappa shape index (κ2) is 6.21. The van der Waals surface area contributed by atoms with E-state index in [-0.39, 0.29) is 18.4 Å². The summed E-state index contributed by atoms with van der Waals surface area (Å²) in [7, 11) is -5.78. The highest BCUT2D eigenvalue weighted by Crippen LogP contribution is 2.29. The molecule has 0 aliphatic rings.